The summed E-state index contributed by atoms with van der Waals surface area (Å²) in [6.07, 6.45) is 0.0918. The molecular formula is C9H15N3O3. The van der Waals surface area contributed by atoms with Gasteiger partial charge >= 0.3 is 5.69 Å². The lowest BCUT2D eigenvalue weighted by molar-refractivity contribution is -0.386. The summed E-state index contributed by atoms with van der Waals surface area (Å²) in [7, 11) is 0. The summed E-state index contributed by atoms with van der Waals surface area (Å²) in [6, 6.07) is 0. The zero-order valence-electron chi connectivity index (χ0n) is 9.10. The van der Waals surface area contributed by atoms with Gasteiger partial charge < -0.3 is 5.11 Å². The van der Waals surface area contributed by atoms with Crippen LogP contribution in [0.1, 0.15) is 24.7 Å². The van der Waals surface area contributed by atoms with E-state index >= 15 is 0 Å². The van der Waals surface area contributed by atoms with Gasteiger partial charge in [0.15, 0.2) is 0 Å². The fraction of sp³-hybridized carbons (Fsp3) is 0.667. The summed E-state index contributed by atoms with van der Waals surface area (Å²) >= 11 is 0. The summed E-state index contributed by atoms with van der Waals surface area (Å²) in [5.41, 5.74) is 0.920. The average Bonchev–Trinajstić information content (AvgIpc) is 2.41. The van der Waals surface area contributed by atoms with Gasteiger partial charge in [0.05, 0.1) is 17.6 Å². The van der Waals surface area contributed by atoms with E-state index in [1.54, 1.807) is 13.8 Å². The first-order chi connectivity index (χ1) is 6.97. The van der Waals surface area contributed by atoms with Crippen molar-refractivity contribution < 1.29 is 10.0 Å². The van der Waals surface area contributed by atoms with Crippen molar-refractivity contribution in [2.24, 2.45) is 0 Å². The van der Waals surface area contributed by atoms with Gasteiger partial charge in [0.2, 0.25) is 0 Å². The zero-order chi connectivity index (χ0) is 11.6. The Labute approximate surface area is 87.7 Å². The first kappa shape index (κ1) is 11.6. The number of aliphatic hydroxyl groups excluding tert-OH is 1. The summed E-state index contributed by atoms with van der Waals surface area (Å²) < 4.78 is 1.49. The highest BCUT2D eigenvalue weighted by atomic mass is 16.6. The predicted molar refractivity (Wildman–Crippen MR) is 54.7 cm³/mol. The second-order valence-electron chi connectivity index (χ2n) is 3.52. The zero-order valence-corrected chi connectivity index (χ0v) is 9.10. The Morgan fingerprint density at radius 3 is 2.60 bits per heavy atom. The van der Waals surface area contributed by atoms with E-state index in [4.69, 9.17) is 0 Å². The van der Waals surface area contributed by atoms with E-state index < -0.39 is 11.0 Å². The molecule has 0 fully saturated rings. The Morgan fingerprint density at radius 1 is 1.60 bits per heavy atom. The molecule has 0 saturated carbocycles. The first-order valence-corrected chi connectivity index (χ1v) is 4.83. The molecule has 0 amide bonds. The third-order valence-electron chi connectivity index (χ3n) is 2.38. The van der Waals surface area contributed by atoms with Crippen molar-refractivity contribution in [3.8, 4) is 0 Å². The molecule has 0 aliphatic carbocycles. The molecule has 1 aromatic rings. The highest BCUT2D eigenvalue weighted by molar-refractivity contribution is 5.39. The van der Waals surface area contributed by atoms with E-state index in [0.29, 0.717) is 24.4 Å². The standard InChI is InChI=1S/C9H15N3O3/c1-4-8(13)5-11-7(3)9(12(14)15)6(2)10-11/h8,13H,4-5H2,1-3H3. The molecule has 0 bridgehead atoms. The highest BCUT2D eigenvalue weighted by Crippen LogP contribution is 2.21. The molecule has 0 aliphatic rings. The van der Waals surface area contributed by atoms with E-state index in [0.717, 1.165) is 0 Å². The first-order valence-electron chi connectivity index (χ1n) is 4.83. The van der Waals surface area contributed by atoms with Crippen molar-refractivity contribution in [2.45, 2.75) is 39.8 Å². The van der Waals surface area contributed by atoms with Gasteiger partial charge in [-0.2, -0.15) is 5.10 Å². The van der Waals surface area contributed by atoms with E-state index in [9.17, 15) is 15.2 Å². The van der Waals surface area contributed by atoms with Crippen LogP contribution >= 0.6 is 0 Å². The minimum Gasteiger partial charge on any atom is -0.391 e. The molecule has 0 spiro atoms. The van der Waals surface area contributed by atoms with Crippen molar-refractivity contribution in [1.82, 2.24) is 9.78 Å². The lowest BCUT2D eigenvalue weighted by atomic mass is 10.3. The topological polar surface area (TPSA) is 81.2 Å². The van der Waals surface area contributed by atoms with E-state index in [2.05, 4.69) is 5.10 Å². The van der Waals surface area contributed by atoms with Crippen LogP contribution < -0.4 is 0 Å². The van der Waals surface area contributed by atoms with Crippen molar-refractivity contribution in [3.05, 3.63) is 21.5 Å². The molecule has 1 N–H and O–H groups in total. The predicted octanol–water partition coefficient (Wildman–Crippen LogP) is 1.18. The number of aromatic nitrogens is 2. The molecule has 1 atom stereocenters. The maximum atomic E-state index is 10.7. The molecule has 15 heavy (non-hydrogen) atoms. The quantitative estimate of drug-likeness (QED) is 0.601. The molecule has 1 rings (SSSR count). The third kappa shape index (κ3) is 2.33. The van der Waals surface area contributed by atoms with Crippen LogP contribution in [0.2, 0.25) is 0 Å². The maximum Gasteiger partial charge on any atom is 0.312 e. The van der Waals surface area contributed by atoms with Crippen LogP contribution in [0, 0.1) is 24.0 Å². The summed E-state index contributed by atoms with van der Waals surface area (Å²) in [4.78, 5) is 10.3. The molecule has 1 aromatic heterocycles. The minimum atomic E-state index is -0.511. The van der Waals surface area contributed by atoms with Crippen LogP contribution in [0.5, 0.6) is 0 Å². The van der Waals surface area contributed by atoms with E-state index in [1.807, 2.05) is 6.92 Å². The number of nitrogens with zero attached hydrogens (tertiary/aromatic N) is 3. The van der Waals surface area contributed by atoms with Gasteiger partial charge in [0, 0.05) is 0 Å². The number of hydrogen-bond acceptors (Lipinski definition) is 4. The molecule has 0 aliphatic heterocycles. The van der Waals surface area contributed by atoms with Gasteiger partial charge in [-0.05, 0) is 20.3 Å². The number of nitro groups is 1. The Hall–Kier alpha value is -1.43. The summed E-state index contributed by atoms with van der Waals surface area (Å²) in [5.74, 6) is 0. The monoisotopic (exact) mass is 213 g/mol. The maximum absolute atomic E-state index is 10.7. The lowest BCUT2D eigenvalue weighted by Crippen LogP contribution is -2.16. The van der Waals surface area contributed by atoms with E-state index in [-0.39, 0.29) is 5.69 Å². The van der Waals surface area contributed by atoms with Gasteiger partial charge in [0.1, 0.15) is 11.4 Å². The van der Waals surface area contributed by atoms with Crippen molar-refractivity contribution >= 4 is 5.69 Å². The van der Waals surface area contributed by atoms with Gasteiger partial charge in [-0.1, -0.05) is 6.92 Å². The van der Waals surface area contributed by atoms with Crippen LogP contribution in [-0.2, 0) is 6.54 Å². The molecule has 1 unspecified atom stereocenters. The average molecular weight is 213 g/mol. The van der Waals surface area contributed by atoms with Crippen LogP contribution in [0.25, 0.3) is 0 Å². The number of aryl methyl sites for hydroxylation is 1. The van der Waals surface area contributed by atoms with Crippen LogP contribution in [0.3, 0.4) is 0 Å². The molecule has 84 valence electrons. The lowest BCUT2D eigenvalue weighted by Gasteiger charge is -2.08. The number of hydrogen-bond donors (Lipinski definition) is 1. The third-order valence-corrected chi connectivity index (χ3v) is 2.38. The second kappa shape index (κ2) is 4.39. The smallest absolute Gasteiger partial charge is 0.312 e. The Morgan fingerprint density at radius 2 is 2.20 bits per heavy atom. The molecule has 0 aromatic carbocycles. The molecule has 6 nitrogen and oxygen atoms in total. The molecule has 0 saturated heterocycles. The van der Waals surface area contributed by atoms with Gasteiger partial charge in [-0.3, -0.25) is 14.8 Å². The van der Waals surface area contributed by atoms with Crippen LogP contribution in [0.15, 0.2) is 0 Å². The molecular weight excluding hydrogens is 198 g/mol. The molecule has 1 heterocycles. The number of aliphatic hydroxyl groups is 1. The fourth-order valence-electron chi connectivity index (χ4n) is 1.46. The highest BCUT2D eigenvalue weighted by Gasteiger charge is 2.22. The van der Waals surface area contributed by atoms with Gasteiger partial charge in [0.25, 0.3) is 0 Å². The number of rotatable bonds is 4. The van der Waals surface area contributed by atoms with Crippen LogP contribution in [0.4, 0.5) is 5.69 Å². The summed E-state index contributed by atoms with van der Waals surface area (Å²) in [5, 5.41) is 24.2. The Bertz CT molecular complexity index is 373. The van der Waals surface area contributed by atoms with Crippen molar-refractivity contribution in [1.29, 1.82) is 0 Å². The minimum absolute atomic E-state index is 0.0401. The largest absolute Gasteiger partial charge is 0.391 e. The van der Waals surface area contributed by atoms with Crippen molar-refractivity contribution in [2.75, 3.05) is 0 Å². The Balaban J connectivity index is 3.01. The van der Waals surface area contributed by atoms with Gasteiger partial charge in [-0.15, -0.1) is 0 Å². The SMILES string of the molecule is CCC(O)Cn1nc(C)c([N+](=O)[O-])c1C. The fourth-order valence-corrected chi connectivity index (χ4v) is 1.46. The normalized spacial score (nSPS) is 12.8. The molecule has 0 radical (unpaired) electrons. The van der Waals surface area contributed by atoms with E-state index in [1.165, 1.54) is 4.68 Å². The second-order valence-corrected chi connectivity index (χ2v) is 3.52. The van der Waals surface area contributed by atoms with Crippen LogP contribution in [-0.4, -0.2) is 25.9 Å². The van der Waals surface area contributed by atoms with Gasteiger partial charge in [-0.25, -0.2) is 0 Å². The summed E-state index contributed by atoms with van der Waals surface area (Å²) in [6.45, 7) is 5.39. The molecule has 6 heteroatoms. The Kier molecular flexibility index (Phi) is 3.41. The van der Waals surface area contributed by atoms with Crippen molar-refractivity contribution in [3.63, 3.8) is 0 Å².